The van der Waals surface area contributed by atoms with Crippen LogP contribution in [0, 0.1) is 11.3 Å². The van der Waals surface area contributed by atoms with E-state index in [2.05, 4.69) is 0 Å². The Morgan fingerprint density at radius 3 is 2.54 bits per heavy atom. The van der Waals surface area contributed by atoms with Crippen molar-refractivity contribution in [2.45, 2.75) is 57.7 Å². The van der Waals surface area contributed by atoms with Crippen molar-refractivity contribution in [3.8, 4) is 0 Å². The Labute approximate surface area is 80.0 Å². The Kier molecular flexibility index (Phi) is 1.97. The molecule has 0 aliphatic heterocycles. The van der Waals surface area contributed by atoms with Crippen LogP contribution in [0.2, 0.25) is 0 Å². The third-order valence-electron chi connectivity index (χ3n) is 3.79. The first-order chi connectivity index (χ1) is 5.91. The number of rotatable bonds is 2. The van der Waals surface area contributed by atoms with E-state index in [-0.39, 0.29) is 11.5 Å². The molecule has 0 unspecified atom stereocenters. The number of fused-ring (bicyclic) bond motifs is 2. The zero-order chi connectivity index (χ0) is 9.69. The number of hydrogen-bond donors (Lipinski definition) is 2. The molecule has 2 N–H and O–H groups in total. The predicted octanol–water partition coefficient (Wildman–Crippen LogP) is 1.70. The minimum Gasteiger partial charge on any atom is -0.393 e. The van der Waals surface area contributed by atoms with Crippen molar-refractivity contribution in [1.29, 1.82) is 0 Å². The van der Waals surface area contributed by atoms with Crippen LogP contribution < -0.4 is 0 Å². The van der Waals surface area contributed by atoms with Crippen molar-refractivity contribution in [2.24, 2.45) is 11.3 Å². The van der Waals surface area contributed by atoms with Gasteiger partial charge in [-0.05, 0) is 57.3 Å². The van der Waals surface area contributed by atoms with Gasteiger partial charge in [-0.1, -0.05) is 0 Å². The molecule has 0 aromatic rings. The normalized spacial score (nSPS) is 44.3. The molecule has 2 saturated carbocycles. The summed E-state index contributed by atoms with van der Waals surface area (Å²) in [6, 6.07) is 0. The molecule has 2 aliphatic carbocycles. The molecular formula is C11H20O2. The van der Waals surface area contributed by atoms with Crippen LogP contribution >= 0.6 is 0 Å². The van der Waals surface area contributed by atoms with E-state index < -0.39 is 5.60 Å². The van der Waals surface area contributed by atoms with Crippen LogP contribution in [-0.4, -0.2) is 21.9 Å². The molecule has 76 valence electrons. The van der Waals surface area contributed by atoms with Gasteiger partial charge < -0.3 is 10.2 Å². The monoisotopic (exact) mass is 184 g/mol. The maximum atomic E-state index is 9.92. The third kappa shape index (κ3) is 1.62. The Morgan fingerprint density at radius 1 is 1.46 bits per heavy atom. The molecule has 3 atom stereocenters. The number of aliphatic hydroxyl groups is 2. The standard InChI is InChI=1S/C11H20O2/c1-10(2,13)7-11-4-3-8(6-11)5-9(11)12/h8-9,12-13H,3-7H2,1-2H3/t8-,9-,11-/m0/s1. The van der Waals surface area contributed by atoms with E-state index in [1.807, 2.05) is 13.8 Å². The van der Waals surface area contributed by atoms with Crippen molar-refractivity contribution in [3.63, 3.8) is 0 Å². The van der Waals surface area contributed by atoms with Crippen LogP contribution in [0.5, 0.6) is 0 Å². The molecule has 0 heterocycles. The Bertz CT molecular complexity index is 207. The highest BCUT2D eigenvalue weighted by Gasteiger charge is 2.52. The molecule has 2 heteroatoms. The molecule has 0 saturated heterocycles. The molecule has 2 nitrogen and oxygen atoms in total. The van der Waals surface area contributed by atoms with Gasteiger partial charge in [-0.2, -0.15) is 0 Å². The zero-order valence-corrected chi connectivity index (χ0v) is 8.58. The summed E-state index contributed by atoms with van der Waals surface area (Å²) in [5, 5.41) is 19.7. The van der Waals surface area contributed by atoms with Gasteiger partial charge in [0.25, 0.3) is 0 Å². The maximum Gasteiger partial charge on any atom is 0.0600 e. The fraction of sp³-hybridized carbons (Fsp3) is 1.00. The van der Waals surface area contributed by atoms with Crippen LogP contribution in [0.25, 0.3) is 0 Å². The molecule has 0 aromatic carbocycles. The highest BCUT2D eigenvalue weighted by atomic mass is 16.3. The summed E-state index contributed by atoms with van der Waals surface area (Å²) >= 11 is 0. The molecule has 13 heavy (non-hydrogen) atoms. The van der Waals surface area contributed by atoms with Gasteiger partial charge in [0, 0.05) is 0 Å². The lowest BCUT2D eigenvalue weighted by atomic mass is 9.74. The molecule has 0 radical (unpaired) electrons. The lowest BCUT2D eigenvalue weighted by Crippen LogP contribution is -2.37. The smallest absolute Gasteiger partial charge is 0.0600 e. The average molecular weight is 184 g/mol. The number of aliphatic hydroxyl groups excluding tert-OH is 1. The van der Waals surface area contributed by atoms with E-state index >= 15 is 0 Å². The van der Waals surface area contributed by atoms with Crippen LogP contribution in [0.3, 0.4) is 0 Å². The Balaban J connectivity index is 2.11. The van der Waals surface area contributed by atoms with Crippen LogP contribution in [-0.2, 0) is 0 Å². The summed E-state index contributed by atoms with van der Waals surface area (Å²) in [6.45, 7) is 3.69. The van der Waals surface area contributed by atoms with Crippen molar-refractivity contribution in [2.75, 3.05) is 0 Å². The van der Waals surface area contributed by atoms with Gasteiger partial charge >= 0.3 is 0 Å². The average Bonchev–Trinajstić information content (AvgIpc) is 2.39. The summed E-state index contributed by atoms with van der Waals surface area (Å²) in [4.78, 5) is 0. The molecule has 2 aliphatic rings. The van der Waals surface area contributed by atoms with E-state index in [9.17, 15) is 10.2 Å². The summed E-state index contributed by atoms with van der Waals surface area (Å²) < 4.78 is 0. The van der Waals surface area contributed by atoms with Crippen molar-refractivity contribution >= 4 is 0 Å². The summed E-state index contributed by atoms with van der Waals surface area (Å²) in [6.07, 6.45) is 5.08. The molecule has 2 bridgehead atoms. The lowest BCUT2D eigenvalue weighted by molar-refractivity contribution is -0.0334. The van der Waals surface area contributed by atoms with E-state index in [1.165, 1.54) is 6.42 Å². The highest BCUT2D eigenvalue weighted by molar-refractivity contribution is 5.03. The van der Waals surface area contributed by atoms with Gasteiger partial charge in [0.2, 0.25) is 0 Å². The first-order valence-corrected chi connectivity index (χ1v) is 5.32. The van der Waals surface area contributed by atoms with E-state index in [1.54, 1.807) is 0 Å². The second-order valence-corrected chi connectivity index (χ2v) is 5.71. The van der Waals surface area contributed by atoms with Crippen LogP contribution in [0.15, 0.2) is 0 Å². The van der Waals surface area contributed by atoms with Crippen molar-refractivity contribution in [3.05, 3.63) is 0 Å². The lowest BCUT2D eigenvalue weighted by Gasteiger charge is -2.36. The van der Waals surface area contributed by atoms with Crippen molar-refractivity contribution in [1.82, 2.24) is 0 Å². The second-order valence-electron chi connectivity index (χ2n) is 5.71. The fourth-order valence-corrected chi connectivity index (χ4v) is 3.48. The zero-order valence-electron chi connectivity index (χ0n) is 8.58. The fourth-order valence-electron chi connectivity index (χ4n) is 3.48. The van der Waals surface area contributed by atoms with Gasteiger partial charge in [-0.3, -0.25) is 0 Å². The van der Waals surface area contributed by atoms with Crippen LogP contribution in [0.1, 0.15) is 46.0 Å². The summed E-state index contributed by atoms with van der Waals surface area (Å²) in [5.74, 6) is 0.734. The topological polar surface area (TPSA) is 40.5 Å². The van der Waals surface area contributed by atoms with E-state index in [4.69, 9.17) is 0 Å². The van der Waals surface area contributed by atoms with Gasteiger partial charge in [-0.25, -0.2) is 0 Å². The minimum atomic E-state index is -0.625. The molecule has 2 fully saturated rings. The largest absolute Gasteiger partial charge is 0.393 e. The Hall–Kier alpha value is -0.0800. The highest BCUT2D eigenvalue weighted by Crippen LogP contribution is 2.57. The van der Waals surface area contributed by atoms with Crippen LogP contribution in [0.4, 0.5) is 0 Å². The number of hydrogen-bond acceptors (Lipinski definition) is 2. The van der Waals surface area contributed by atoms with Gasteiger partial charge in [0.1, 0.15) is 0 Å². The molecule has 0 aromatic heterocycles. The summed E-state index contributed by atoms with van der Waals surface area (Å²) in [7, 11) is 0. The third-order valence-corrected chi connectivity index (χ3v) is 3.79. The molecule has 2 rings (SSSR count). The SMILES string of the molecule is CC(C)(O)C[C@@]12CC[C@@H](C[C@@H]1O)C2. The summed E-state index contributed by atoms with van der Waals surface area (Å²) in [5.41, 5.74) is -0.566. The van der Waals surface area contributed by atoms with Gasteiger partial charge in [0.05, 0.1) is 11.7 Å². The molecule has 0 spiro atoms. The second kappa shape index (κ2) is 2.71. The quantitative estimate of drug-likeness (QED) is 0.685. The van der Waals surface area contributed by atoms with E-state index in [0.717, 1.165) is 31.6 Å². The maximum absolute atomic E-state index is 9.92. The predicted molar refractivity (Wildman–Crippen MR) is 51.3 cm³/mol. The minimum absolute atomic E-state index is 0.0584. The Morgan fingerprint density at radius 2 is 2.15 bits per heavy atom. The first kappa shape index (κ1) is 9.47. The van der Waals surface area contributed by atoms with Gasteiger partial charge in [0.15, 0.2) is 0 Å². The van der Waals surface area contributed by atoms with E-state index in [0.29, 0.717) is 0 Å². The molecule has 0 amide bonds. The molecular weight excluding hydrogens is 164 g/mol. The first-order valence-electron chi connectivity index (χ1n) is 5.32. The van der Waals surface area contributed by atoms with Crippen molar-refractivity contribution < 1.29 is 10.2 Å². The van der Waals surface area contributed by atoms with Gasteiger partial charge in [-0.15, -0.1) is 0 Å².